The van der Waals surface area contributed by atoms with Crippen LogP contribution in [-0.2, 0) is 4.79 Å². The summed E-state index contributed by atoms with van der Waals surface area (Å²) in [6, 6.07) is 31.1. The molecule has 1 amide bonds. The van der Waals surface area contributed by atoms with Gasteiger partial charge in [-0.25, -0.2) is 4.98 Å². The number of hydrogen-bond donors (Lipinski definition) is 1. The fraction of sp³-hybridized carbons (Fsp3) is 0.229. The van der Waals surface area contributed by atoms with Gasteiger partial charge in [0.2, 0.25) is 5.91 Å². The van der Waals surface area contributed by atoms with E-state index in [2.05, 4.69) is 80.7 Å². The molecule has 8 rings (SSSR count). The molecule has 40 heavy (non-hydrogen) atoms. The molecule has 0 radical (unpaired) electrons. The van der Waals surface area contributed by atoms with Crippen LogP contribution in [0.15, 0.2) is 90.3 Å². The van der Waals surface area contributed by atoms with Gasteiger partial charge < -0.3 is 5.32 Å². The number of carbonyl (C=O) groups excluding carboxylic acids is 1. The molecule has 3 aliphatic rings. The van der Waals surface area contributed by atoms with Gasteiger partial charge in [-0.1, -0.05) is 99.1 Å². The SMILES string of the molecule is CC1(C(=O)Nc2nc(-c3ccc(C#N)c4ccccc34)cs2)CC2c3ccccc3C1c1ccccc12.CCC. The van der Waals surface area contributed by atoms with E-state index in [9.17, 15) is 10.1 Å². The van der Waals surface area contributed by atoms with Crippen molar-refractivity contribution in [2.24, 2.45) is 5.41 Å². The Balaban J connectivity index is 0.000000925. The molecular weight excluding hydrogens is 510 g/mol. The highest BCUT2D eigenvalue weighted by Gasteiger charge is 2.53. The minimum absolute atomic E-state index is 0.00630. The van der Waals surface area contributed by atoms with E-state index in [0.717, 1.165) is 28.5 Å². The lowest BCUT2D eigenvalue weighted by Gasteiger charge is -2.50. The number of aromatic nitrogens is 1. The van der Waals surface area contributed by atoms with E-state index < -0.39 is 5.41 Å². The normalized spacial score (nSPS) is 20.1. The third-order valence-electron chi connectivity index (χ3n) is 8.19. The van der Waals surface area contributed by atoms with Crippen LogP contribution in [-0.4, -0.2) is 10.9 Å². The van der Waals surface area contributed by atoms with E-state index in [1.54, 1.807) is 0 Å². The molecule has 5 heteroatoms. The standard InChI is InChI=1S/C32H23N3OS.C3H8/c1-32(16-27-22-10-4-6-12-25(22)29(32)26-13-7-5-11-23(26)27)30(36)35-31-34-28(18-37-31)24-15-14-19(17-33)20-8-2-3-9-21(20)24;1-3-2/h2-15,18,27,29H,16H2,1H3,(H,34,35,36);3H2,1-2H3. The second-order valence-corrected chi connectivity index (χ2v) is 11.7. The van der Waals surface area contributed by atoms with Gasteiger partial charge in [0.15, 0.2) is 5.13 Å². The Hall–Kier alpha value is -4.27. The first-order chi connectivity index (χ1) is 19.5. The van der Waals surface area contributed by atoms with Crippen LogP contribution in [0.2, 0.25) is 0 Å². The maximum atomic E-state index is 14.0. The van der Waals surface area contributed by atoms with E-state index >= 15 is 0 Å². The first-order valence-corrected chi connectivity index (χ1v) is 14.7. The summed E-state index contributed by atoms with van der Waals surface area (Å²) in [5.41, 5.74) is 7.04. The van der Waals surface area contributed by atoms with E-state index in [4.69, 9.17) is 4.98 Å². The highest BCUT2D eigenvalue weighted by molar-refractivity contribution is 7.14. The number of fused-ring (bicyclic) bond motifs is 2. The smallest absolute Gasteiger partial charge is 0.233 e. The maximum absolute atomic E-state index is 14.0. The Morgan fingerprint density at radius 2 is 1.50 bits per heavy atom. The summed E-state index contributed by atoms with van der Waals surface area (Å²) in [4.78, 5) is 18.8. The maximum Gasteiger partial charge on any atom is 0.233 e. The van der Waals surface area contributed by atoms with Crippen molar-refractivity contribution in [3.8, 4) is 17.3 Å². The van der Waals surface area contributed by atoms with Crippen LogP contribution in [0.5, 0.6) is 0 Å². The molecule has 4 aromatic carbocycles. The topological polar surface area (TPSA) is 65.8 Å². The van der Waals surface area contributed by atoms with Gasteiger partial charge in [0.25, 0.3) is 0 Å². The van der Waals surface area contributed by atoms with Crippen molar-refractivity contribution in [3.05, 3.63) is 118 Å². The fourth-order valence-corrected chi connectivity index (χ4v) is 7.21. The number of anilines is 1. The Morgan fingerprint density at radius 1 is 0.925 bits per heavy atom. The molecule has 0 spiro atoms. The van der Waals surface area contributed by atoms with E-state index in [1.807, 2.05) is 41.8 Å². The zero-order valence-corrected chi connectivity index (χ0v) is 23.8. The van der Waals surface area contributed by atoms with Crippen molar-refractivity contribution in [3.63, 3.8) is 0 Å². The van der Waals surface area contributed by atoms with Gasteiger partial charge in [0, 0.05) is 28.2 Å². The predicted octanol–water partition coefficient (Wildman–Crippen LogP) is 8.88. The molecule has 0 saturated heterocycles. The Labute approximate surface area is 239 Å². The number of thiazole rings is 1. The van der Waals surface area contributed by atoms with Gasteiger partial charge in [-0.2, -0.15) is 5.26 Å². The van der Waals surface area contributed by atoms with E-state index in [0.29, 0.717) is 10.7 Å². The summed E-state index contributed by atoms with van der Waals surface area (Å²) in [5, 5.41) is 17.1. The van der Waals surface area contributed by atoms with Crippen molar-refractivity contribution in [2.75, 3.05) is 5.32 Å². The zero-order chi connectivity index (χ0) is 27.9. The van der Waals surface area contributed by atoms with E-state index in [1.165, 1.54) is 40.0 Å². The highest BCUT2D eigenvalue weighted by Crippen LogP contribution is 2.61. The minimum atomic E-state index is -0.583. The van der Waals surface area contributed by atoms with Crippen LogP contribution in [0.1, 0.15) is 73.3 Å². The quantitative estimate of drug-likeness (QED) is 0.248. The zero-order valence-electron chi connectivity index (χ0n) is 22.9. The monoisotopic (exact) mass is 541 g/mol. The highest BCUT2D eigenvalue weighted by atomic mass is 32.1. The number of nitrogens with one attached hydrogen (secondary N) is 1. The number of amides is 1. The first kappa shape index (κ1) is 26.0. The van der Waals surface area contributed by atoms with Gasteiger partial charge in [0.05, 0.1) is 22.7 Å². The van der Waals surface area contributed by atoms with Crippen LogP contribution < -0.4 is 5.32 Å². The average molecular weight is 542 g/mol. The summed E-state index contributed by atoms with van der Waals surface area (Å²) in [5.74, 6) is 0.230. The van der Waals surface area contributed by atoms with Crippen molar-refractivity contribution < 1.29 is 4.79 Å². The molecule has 1 aromatic heterocycles. The van der Waals surface area contributed by atoms with Crippen LogP contribution in [0.3, 0.4) is 0 Å². The number of benzene rings is 4. The Bertz CT molecular complexity index is 1730. The second-order valence-electron chi connectivity index (χ2n) is 10.9. The van der Waals surface area contributed by atoms with Gasteiger partial charge >= 0.3 is 0 Å². The molecule has 0 fully saturated rings. The number of rotatable bonds is 3. The van der Waals surface area contributed by atoms with Gasteiger partial charge in [-0.3, -0.25) is 4.79 Å². The lowest BCUT2D eigenvalue weighted by Crippen LogP contribution is -2.47. The third kappa shape index (κ3) is 4.11. The molecule has 4 nitrogen and oxygen atoms in total. The molecule has 0 saturated carbocycles. The van der Waals surface area contributed by atoms with Crippen molar-refractivity contribution >= 4 is 33.1 Å². The lowest BCUT2D eigenvalue weighted by atomic mass is 9.52. The minimum Gasteiger partial charge on any atom is -0.301 e. The molecule has 5 aromatic rings. The average Bonchev–Trinajstić information content (AvgIpc) is 3.45. The number of nitrogens with zero attached hydrogens (tertiary/aromatic N) is 2. The summed E-state index contributed by atoms with van der Waals surface area (Å²) in [7, 11) is 0. The molecule has 0 aliphatic heterocycles. The molecule has 1 unspecified atom stereocenters. The summed E-state index contributed by atoms with van der Waals surface area (Å²) >= 11 is 1.44. The number of hydrogen-bond acceptors (Lipinski definition) is 4. The molecule has 1 atom stereocenters. The molecular formula is C35H31N3OS. The van der Waals surface area contributed by atoms with Crippen molar-refractivity contribution in [1.29, 1.82) is 5.26 Å². The van der Waals surface area contributed by atoms with Crippen molar-refractivity contribution in [1.82, 2.24) is 4.98 Å². The number of carbonyl (C=O) groups is 1. The molecule has 1 heterocycles. The largest absolute Gasteiger partial charge is 0.301 e. The second kappa shape index (κ2) is 10.4. The van der Waals surface area contributed by atoms with Gasteiger partial charge in [0.1, 0.15) is 0 Å². The predicted molar refractivity (Wildman–Crippen MR) is 164 cm³/mol. The van der Waals surface area contributed by atoms with Gasteiger partial charge in [-0.05, 0) is 47.1 Å². The third-order valence-corrected chi connectivity index (χ3v) is 8.95. The molecule has 198 valence electrons. The van der Waals surface area contributed by atoms with E-state index in [-0.39, 0.29) is 17.7 Å². The van der Waals surface area contributed by atoms with Crippen LogP contribution >= 0.6 is 11.3 Å². The fourth-order valence-electron chi connectivity index (χ4n) is 6.50. The lowest BCUT2D eigenvalue weighted by molar-refractivity contribution is -0.126. The molecule has 2 bridgehead atoms. The summed E-state index contributed by atoms with van der Waals surface area (Å²) in [6.07, 6.45) is 2.02. The molecule has 3 aliphatic carbocycles. The van der Waals surface area contributed by atoms with Crippen LogP contribution in [0, 0.1) is 16.7 Å². The molecule has 1 N–H and O–H groups in total. The van der Waals surface area contributed by atoms with Gasteiger partial charge in [-0.15, -0.1) is 11.3 Å². The first-order valence-electron chi connectivity index (χ1n) is 13.9. The van der Waals surface area contributed by atoms with Crippen molar-refractivity contribution in [2.45, 2.75) is 45.4 Å². The van der Waals surface area contributed by atoms with Crippen LogP contribution in [0.4, 0.5) is 5.13 Å². The Kier molecular flexibility index (Phi) is 6.73. The number of nitriles is 1. The van der Waals surface area contributed by atoms with Crippen LogP contribution in [0.25, 0.3) is 22.0 Å². The Morgan fingerprint density at radius 3 is 2.12 bits per heavy atom. The summed E-state index contributed by atoms with van der Waals surface area (Å²) < 4.78 is 0. The summed E-state index contributed by atoms with van der Waals surface area (Å²) in [6.45, 7) is 6.36.